The molecule has 1 aliphatic heterocycles. The van der Waals surface area contributed by atoms with Crippen molar-refractivity contribution in [3.8, 4) is 0 Å². The molecule has 6 nitrogen and oxygen atoms in total. The Morgan fingerprint density at radius 2 is 1.45 bits per heavy atom. The second kappa shape index (κ2) is 10.7. The number of hydrogen-bond donors (Lipinski definition) is 2. The lowest BCUT2D eigenvalue weighted by Crippen LogP contribution is -2.51. The summed E-state index contributed by atoms with van der Waals surface area (Å²) in [5.74, 6) is 0.543. The van der Waals surface area contributed by atoms with Crippen LogP contribution < -0.4 is 10.6 Å². The third-order valence-corrected chi connectivity index (χ3v) is 7.87. The zero-order chi connectivity index (χ0) is 22.9. The number of nitrogens with one attached hydrogen (secondary N) is 2. The lowest BCUT2D eigenvalue weighted by atomic mass is 9.89. The molecule has 0 atom stereocenters. The predicted octanol–water partition coefficient (Wildman–Crippen LogP) is 3.83. The Morgan fingerprint density at radius 1 is 1.00 bits per heavy atom. The van der Waals surface area contributed by atoms with Crippen LogP contribution in [0.15, 0.2) is 4.99 Å². The number of rotatable bonds is 4. The van der Waals surface area contributed by atoms with Crippen LogP contribution in [0.4, 0.5) is 13.2 Å². The largest absolute Gasteiger partial charge is 0.511 e. The van der Waals surface area contributed by atoms with E-state index in [-0.39, 0.29) is 55.9 Å². The van der Waals surface area contributed by atoms with Crippen LogP contribution >= 0.6 is 24.0 Å². The second-order valence-electron chi connectivity index (χ2n) is 7.80. The summed E-state index contributed by atoms with van der Waals surface area (Å²) in [6, 6.07) is -0.153. The van der Waals surface area contributed by atoms with Gasteiger partial charge in [-0.15, -0.1) is 24.0 Å². The Bertz CT molecular complexity index is 896. The summed E-state index contributed by atoms with van der Waals surface area (Å²) in [6.07, 6.45) is 0.549. The Morgan fingerprint density at radius 3 is 1.87 bits per heavy atom. The van der Waals surface area contributed by atoms with Crippen LogP contribution in [-0.4, -0.2) is 50.4 Å². The van der Waals surface area contributed by atoms with Crippen molar-refractivity contribution in [3.05, 3.63) is 33.4 Å². The molecule has 0 aliphatic carbocycles. The van der Waals surface area contributed by atoms with Gasteiger partial charge in [-0.2, -0.15) is 17.5 Å². The van der Waals surface area contributed by atoms with Crippen LogP contribution in [0.3, 0.4) is 0 Å². The van der Waals surface area contributed by atoms with Crippen molar-refractivity contribution in [2.45, 2.75) is 65.6 Å². The number of piperidine rings is 1. The molecule has 1 heterocycles. The first-order valence-corrected chi connectivity index (χ1v) is 11.3. The lowest BCUT2D eigenvalue weighted by Gasteiger charge is -2.32. The normalized spacial score (nSPS) is 16.7. The molecule has 0 saturated carbocycles. The molecular weight excluding hydrogens is 544 g/mol. The Balaban J connectivity index is 0.00000480. The molecule has 1 aromatic carbocycles. The maximum atomic E-state index is 12.7. The highest BCUT2D eigenvalue weighted by Gasteiger charge is 2.50. The zero-order valence-electron chi connectivity index (χ0n) is 18.8. The van der Waals surface area contributed by atoms with Gasteiger partial charge in [0, 0.05) is 32.7 Å². The number of halogens is 4. The molecule has 2 rings (SSSR count). The van der Waals surface area contributed by atoms with E-state index in [4.69, 9.17) is 0 Å². The first-order valence-electron chi connectivity index (χ1n) is 9.90. The summed E-state index contributed by atoms with van der Waals surface area (Å²) in [5, 5.41) is 6.48. The van der Waals surface area contributed by atoms with E-state index in [1.807, 2.05) is 0 Å². The maximum absolute atomic E-state index is 12.7. The molecule has 0 radical (unpaired) electrons. The highest BCUT2D eigenvalue weighted by atomic mass is 127. The van der Waals surface area contributed by atoms with Crippen LogP contribution in [0.2, 0.25) is 0 Å². The van der Waals surface area contributed by atoms with E-state index >= 15 is 0 Å². The number of benzene rings is 1. The number of hydrogen-bond acceptors (Lipinski definition) is 3. The molecule has 1 aromatic rings. The van der Waals surface area contributed by atoms with Crippen molar-refractivity contribution in [2.75, 3.05) is 20.1 Å². The van der Waals surface area contributed by atoms with Gasteiger partial charge in [0.25, 0.3) is 0 Å². The minimum Gasteiger partial charge on any atom is -0.354 e. The summed E-state index contributed by atoms with van der Waals surface area (Å²) in [4.78, 5) is 4.21. The van der Waals surface area contributed by atoms with Gasteiger partial charge in [-0.25, -0.2) is 8.42 Å². The van der Waals surface area contributed by atoms with Crippen molar-refractivity contribution >= 4 is 40.0 Å². The average molecular weight is 576 g/mol. The van der Waals surface area contributed by atoms with Crippen molar-refractivity contribution in [2.24, 2.45) is 4.99 Å². The third-order valence-electron chi connectivity index (χ3n) is 6.24. The topological polar surface area (TPSA) is 73.8 Å². The quantitative estimate of drug-likeness (QED) is 0.325. The van der Waals surface area contributed by atoms with Gasteiger partial charge < -0.3 is 10.6 Å². The van der Waals surface area contributed by atoms with Crippen molar-refractivity contribution in [1.29, 1.82) is 0 Å². The van der Waals surface area contributed by atoms with Gasteiger partial charge in [0.05, 0.1) is 0 Å². The number of aliphatic imine (C=N–C) groups is 1. The van der Waals surface area contributed by atoms with E-state index in [2.05, 4.69) is 50.2 Å². The molecule has 0 amide bonds. The Kier molecular flexibility index (Phi) is 9.64. The Hall–Kier alpha value is -1.08. The summed E-state index contributed by atoms with van der Waals surface area (Å²) >= 11 is 0. The number of nitrogens with zero attached hydrogens (tertiary/aromatic N) is 2. The molecule has 1 aliphatic rings. The summed E-state index contributed by atoms with van der Waals surface area (Å²) < 4.78 is 61.7. The SMILES string of the molecule is CN=C(NCc1c(C)c(C)c(C)c(C)c1C)NC1CCN(S(=O)(=O)C(F)(F)F)CC1.I. The van der Waals surface area contributed by atoms with Crippen molar-refractivity contribution in [1.82, 2.24) is 14.9 Å². The van der Waals surface area contributed by atoms with Gasteiger partial charge in [0.1, 0.15) is 0 Å². The molecule has 0 bridgehead atoms. The highest BCUT2D eigenvalue weighted by Crippen LogP contribution is 2.29. The maximum Gasteiger partial charge on any atom is 0.511 e. The lowest BCUT2D eigenvalue weighted by molar-refractivity contribution is -0.0494. The van der Waals surface area contributed by atoms with E-state index in [0.29, 0.717) is 16.8 Å². The van der Waals surface area contributed by atoms with E-state index in [1.54, 1.807) is 7.05 Å². The Labute approximate surface area is 200 Å². The first-order chi connectivity index (χ1) is 13.8. The minimum atomic E-state index is -5.26. The van der Waals surface area contributed by atoms with Gasteiger partial charge in [-0.3, -0.25) is 4.99 Å². The molecule has 11 heteroatoms. The highest BCUT2D eigenvalue weighted by molar-refractivity contribution is 14.0. The van der Waals surface area contributed by atoms with Crippen LogP contribution in [0, 0.1) is 34.6 Å². The number of alkyl halides is 3. The van der Waals surface area contributed by atoms with E-state index in [0.717, 1.165) is 0 Å². The fourth-order valence-electron chi connectivity index (χ4n) is 3.79. The monoisotopic (exact) mass is 576 g/mol. The molecule has 0 aromatic heterocycles. The molecule has 0 unspecified atom stereocenters. The smallest absolute Gasteiger partial charge is 0.354 e. The molecule has 1 fully saturated rings. The summed E-state index contributed by atoms with van der Waals surface area (Å²) in [7, 11) is -3.64. The minimum absolute atomic E-state index is 0. The first kappa shape index (κ1) is 28.0. The zero-order valence-corrected chi connectivity index (χ0v) is 21.9. The number of sulfonamides is 1. The third kappa shape index (κ3) is 6.04. The van der Waals surface area contributed by atoms with Gasteiger partial charge in [0.2, 0.25) is 0 Å². The van der Waals surface area contributed by atoms with E-state index in [1.165, 1.54) is 33.4 Å². The van der Waals surface area contributed by atoms with Crippen LogP contribution in [0.5, 0.6) is 0 Å². The van der Waals surface area contributed by atoms with Gasteiger partial charge in [-0.05, 0) is 80.8 Å². The van der Waals surface area contributed by atoms with Gasteiger partial charge in [0.15, 0.2) is 5.96 Å². The van der Waals surface area contributed by atoms with Gasteiger partial charge >= 0.3 is 15.5 Å². The van der Waals surface area contributed by atoms with Gasteiger partial charge in [-0.1, -0.05) is 0 Å². The molecule has 178 valence electrons. The summed E-state index contributed by atoms with van der Waals surface area (Å²) in [6.45, 7) is 10.7. The molecule has 1 saturated heterocycles. The summed E-state index contributed by atoms with van der Waals surface area (Å²) in [5.41, 5.74) is 2.20. The van der Waals surface area contributed by atoms with Crippen LogP contribution in [-0.2, 0) is 16.6 Å². The number of guanidine groups is 1. The standard InChI is InChI=1S/C20H31F3N4O2S.HI/c1-12-13(2)15(4)18(16(5)14(12)3)11-25-19(24-6)26-17-7-9-27(10-8-17)30(28,29)20(21,22)23;/h17H,7-11H2,1-6H3,(H2,24,25,26);1H. The molecule has 0 spiro atoms. The second-order valence-corrected chi connectivity index (χ2v) is 9.73. The fourth-order valence-corrected chi connectivity index (χ4v) is 4.77. The van der Waals surface area contributed by atoms with Crippen LogP contribution in [0.25, 0.3) is 0 Å². The molecule has 31 heavy (non-hydrogen) atoms. The molecule has 2 N–H and O–H groups in total. The fraction of sp³-hybridized carbons (Fsp3) is 0.650. The predicted molar refractivity (Wildman–Crippen MR) is 128 cm³/mol. The average Bonchev–Trinajstić information content (AvgIpc) is 2.69. The van der Waals surface area contributed by atoms with E-state index in [9.17, 15) is 21.6 Å². The van der Waals surface area contributed by atoms with E-state index < -0.39 is 15.5 Å². The van der Waals surface area contributed by atoms with Crippen LogP contribution in [0.1, 0.15) is 46.2 Å². The van der Waals surface area contributed by atoms with Crippen molar-refractivity contribution in [3.63, 3.8) is 0 Å². The molecular formula is C20H32F3IN4O2S. The van der Waals surface area contributed by atoms with Crippen molar-refractivity contribution < 1.29 is 21.6 Å².